The summed E-state index contributed by atoms with van der Waals surface area (Å²) in [7, 11) is 1.24. The van der Waals surface area contributed by atoms with E-state index in [1.54, 1.807) is 0 Å². The Balaban J connectivity index is 2.19. The standard InChI is InChI=1S/C17H16F3N3O5/c1-21(16(25)14-7-4-8-28-14)10-15(24)22(11-17(18,19)20)9-12-5-2-3-6-13(12)23(26)27/h2-8H,9-11H2,1H3. The Bertz CT molecular complexity index is 852. The Hall–Kier alpha value is -3.37. The predicted molar refractivity (Wildman–Crippen MR) is 90.2 cm³/mol. The zero-order chi connectivity index (χ0) is 20.9. The third-order valence-electron chi connectivity index (χ3n) is 3.72. The van der Waals surface area contributed by atoms with Gasteiger partial charge >= 0.3 is 6.18 Å². The molecule has 0 saturated carbocycles. The first-order valence-electron chi connectivity index (χ1n) is 7.94. The quantitative estimate of drug-likeness (QED) is 0.527. The molecule has 1 aromatic heterocycles. The minimum absolute atomic E-state index is 0.0508. The zero-order valence-corrected chi connectivity index (χ0v) is 14.7. The van der Waals surface area contributed by atoms with Gasteiger partial charge in [0.05, 0.1) is 24.3 Å². The summed E-state index contributed by atoms with van der Waals surface area (Å²) in [5.41, 5.74) is -0.451. The van der Waals surface area contributed by atoms with Crippen molar-refractivity contribution in [3.8, 4) is 0 Å². The summed E-state index contributed by atoms with van der Waals surface area (Å²) in [5.74, 6) is -1.77. The van der Waals surface area contributed by atoms with Gasteiger partial charge in [-0.2, -0.15) is 13.2 Å². The van der Waals surface area contributed by atoms with Crippen LogP contribution in [0.5, 0.6) is 0 Å². The largest absolute Gasteiger partial charge is 0.459 e. The van der Waals surface area contributed by atoms with E-state index in [0.29, 0.717) is 4.90 Å². The summed E-state index contributed by atoms with van der Waals surface area (Å²) < 4.78 is 43.7. The van der Waals surface area contributed by atoms with Crippen LogP contribution in [-0.2, 0) is 11.3 Å². The molecule has 28 heavy (non-hydrogen) atoms. The van der Waals surface area contributed by atoms with Gasteiger partial charge < -0.3 is 14.2 Å². The number of para-hydroxylation sites is 1. The first kappa shape index (κ1) is 20.9. The minimum Gasteiger partial charge on any atom is -0.459 e. The fourth-order valence-electron chi connectivity index (χ4n) is 2.44. The van der Waals surface area contributed by atoms with E-state index in [1.807, 2.05) is 0 Å². The molecule has 1 heterocycles. The maximum absolute atomic E-state index is 12.9. The molecular formula is C17H16F3N3O5. The number of benzene rings is 1. The van der Waals surface area contributed by atoms with Crippen LogP contribution in [0.4, 0.5) is 18.9 Å². The summed E-state index contributed by atoms with van der Waals surface area (Å²) in [6, 6.07) is 8.00. The highest BCUT2D eigenvalue weighted by atomic mass is 19.4. The molecule has 8 nitrogen and oxygen atoms in total. The third-order valence-corrected chi connectivity index (χ3v) is 3.72. The van der Waals surface area contributed by atoms with Crippen LogP contribution in [0, 0.1) is 10.1 Å². The lowest BCUT2D eigenvalue weighted by Gasteiger charge is -2.26. The Morgan fingerprint density at radius 2 is 1.86 bits per heavy atom. The average molecular weight is 399 g/mol. The van der Waals surface area contributed by atoms with Gasteiger partial charge in [0, 0.05) is 18.7 Å². The van der Waals surface area contributed by atoms with Crippen LogP contribution in [-0.4, -0.2) is 52.9 Å². The van der Waals surface area contributed by atoms with E-state index in [0.717, 1.165) is 11.0 Å². The van der Waals surface area contributed by atoms with Crippen molar-refractivity contribution in [2.45, 2.75) is 12.7 Å². The number of hydrogen-bond donors (Lipinski definition) is 0. The van der Waals surface area contributed by atoms with Crippen LogP contribution in [0.15, 0.2) is 47.1 Å². The lowest BCUT2D eigenvalue weighted by molar-refractivity contribution is -0.385. The van der Waals surface area contributed by atoms with E-state index in [-0.39, 0.29) is 11.3 Å². The fourth-order valence-corrected chi connectivity index (χ4v) is 2.44. The highest BCUT2D eigenvalue weighted by Gasteiger charge is 2.34. The van der Waals surface area contributed by atoms with Crippen molar-refractivity contribution < 1.29 is 32.1 Å². The summed E-state index contributed by atoms with van der Waals surface area (Å²) in [5, 5.41) is 11.1. The van der Waals surface area contributed by atoms with Gasteiger partial charge in [-0.05, 0) is 12.1 Å². The lowest BCUT2D eigenvalue weighted by Crippen LogP contribution is -2.44. The van der Waals surface area contributed by atoms with Crippen LogP contribution in [0.3, 0.4) is 0 Å². The number of carbonyl (C=O) groups excluding carboxylic acids is 2. The number of nitrogens with zero attached hydrogens (tertiary/aromatic N) is 3. The number of halogens is 3. The molecule has 0 saturated heterocycles. The van der Waals surface area contributed by atoms with Crippen molar-refractivity contribution >= 4 is 17.5 Å². The van der Waals surface area contributed by atoms with Crippen LogP contribution < -0.4 is 0 Å². The Labute approximate surface area is 157 Å². The summed E-state index contributed by atoms with van der Waals surface area (Å²) >= 11 is 0. The van der Waals surface area contributed by atoms with Crippen LogP contribution >= 0.6 is 0 Å². The maximum atomic E-state index is 12.9. The summed E-state index contributed by atoms with van der Waals surface area (Å²) in [6.45, 7) is -2.89. The number of carbonyl (C=O) groups is 2. The van der Waals surface area contributed by atoms with Gasteiger partial charge in [-0.3, -0.25) is 19.7 Å². The zero-order valence-electron chi connectivity index (χ0n) is 14.7. The van der Waals surface area contributed by atoms with Crippen molar-refractivity contribution in [2.24, 2.45) is 0 Å². The molecule has 0 spiro atoms. The van der Waals surface area contributed by atoms with Gasteiger partial charge in [0.1, 0.15) is 6.54 Å². The molecule has 0 aliphatic carbocycles. The van der Waals surface area contributed by atoms with Gasteiger partial charge in [-0.1, -0.05) is 18.2 Å². The molecule has 0 atom stereocenters. The Morgan fingerprint density at radius 3 is 2.43 bits per heavy atom. The third kappa shape index (κ3) is 5.56. The molecule has 0 unspecified atom stereocenters. The molecule has 2 amide bonds. The molecule has 2 rings (SSSR count). The first-order valence-corrected chi connectivity index (χ1v) is 7.94. The summed E-state index contributed by atoms with van der Waals surface area (Å²) in [6.07, 6.45) is -3.48. The highest BCUT2D eigenvalue weighted by molar-refractivity contribution is 5.94. The van der Waals surface area contributed by atoms with Crippen molar-refractivity contribution in [3.05, 3.63) is 64.1 Å². The van der Waals surface area contributed by atoms with E-state index in [2.05, 4.69) is 0 Å². The molecule has 0 fully saturated rings. The Kier molecular flexibility index (Phi) is 6.39. The fraction of sp³-hybridized carbons (Fsp3) is 0.294. The van der Waals surface area contributed by atoms with Gasteiger partial charge in [0.2, 0.25) is 5.91 Å². The monoisotopic (exact) mass is 399 g/mol. The smallest absolute Gasteiger partial charge is 0.406 e. The van der Waals surface area contributed by atoms with Gasteiger partial charge in [0.25, 0.3) is 11.6 Å². The second kappa shape index (κ2) is 8.55. The first-order chi connectivity index (χ1) is 13.1. The van der Waals surface area contributed by atoms with Crippen LogP contribution in [0.1, 0.15) is 16.1 Å². The SMILES string of the molecule is CN(CC(=O)N(Cc1ccccc1[N+](=O)[O-])CC(F)(F)F)C(=O)c1ccco1. The Morgan fingerprint density at radius 1 is 1.18 bits per heavy atom. The predicted octanol–water partition coefficient (Wildman–Crippen LogP) is 2.85. The van der Waals surface area contributed by atoms with Crippen molar-refractivity contribution in [3.63, 3.8) is 0 Å². The van der Waals surface area contributed by atoms with Crippen molar-refractivity contribution in [1.82, 2.24) is 9.80 Å². The van der Waals surface area contributed by atoms with E-state index < -0.39 is 48.2 Å². The molecule has 0 aliphatic rings. The molecule has 0 bridgehead atoms. The number of furan rings is 1. The number of alkyl halides is 3. The topological polar surface area (TPSA) is 96.9 Å². The van der Waals surface area contributed by atoms with Crippen molar-refractivity contribution in [1.29, 1.82) is 0 Å². The van der Waals surface area contributed by atoms with E-state index in [1.165, 1.54) is 43.6 Å². The molecular weight excluding hydrogens is 383 g/mol. The van der Waals surface area contributed by atoms with Crippen LogP contribution in [0.2, 0.25) is 0 Å². The van der Waals surface area contributed by atoms with E-state index in [4.69, 9.17) is 4.42 Å². The second-order valence-corrected chi connectivity index (χ2v) is 5.89. The number of nitro benzene ring substituents is 1. The molecule has 11 heteroatoms. The van der Waals surface area contributed by atoms with E-state index >= 15 is 0 Å². The minimum atomic E-state index is -4.72. The van der Waals surface area contributed by atoms with Gasteiger partial charge in [-0.15, -0.1) is 0 Å². The molecule has 1 aromatic carbocycles. The number of nitro groups is 1. The van der Waals surface area contributed by atoms with Gasteiger partial charge in [0.15, 0.2) is 5.76 Å². The highest BCUT2D eigenvalue weighted by Crippen LogP contribution is 2.23. The average Bonchev–Trinajstić information content (AvgIpc) is 3.14. The summed E-state index contributed by atoms with van der Waals surface area (Å²) in [4.78, 5) is 36.2. The number of rotatable bonds is 7. The second-order valence-electron chi connectivity index (χ2n) is 5.89. The molecule has 2 aromatic rings. The molecule has 0 radical (unpaired) electrons. The normalized spacial score (nSPS) is 11.1. The molecule has 0 aliphatic heterocycles. The molecule has 150 valence electrons. The van der Waals surface area contributed by atoms with E-state index in [9.17, 15) is 32.9 Å². The number of hydrogen-bond acceptors (Lipinski definition) is 5. The maximum Gasteiger partial charge on any atom is 0.406 e. The number of amides is 2. The number of likely N-dealkylation sites (N-methyl/N-ethyl adjacent to an activating group) is 1. The van der Waals surface area contributed by atoms with Gasteiger partial charge in [-0.25, -0.2) is 0 Å². The van der Waals surface area contributed by atoms with Crippen LogP contribution in [0.25, 0.3) is 0 Å². The lowest BCUT2D eigenvalue weighted by atomic mass is 10.1. The van der Waals surface area contributed by atoms with Crippen molar-refractivity contribution in [2.75, 3.05) is 20.1 Å². The molecule has 0 N–H and O–H groups in total.